The van der Waals surface area contributed by atoms with Crippen molar-refractivity contribution in [1.29, 1.82) is 0 Å². The van der Waals surface area contributed by atoms with Crippen molar-refractivity contribution in [2.24, 2.45) is 0 Å². The molecule has 0 aliphatic rings. The van der Waals surface area contributed by atoms with Crippen LogP contribution in [0.1, 0.15) is 129 Å². The number of carbonyl (C=O) groups is 2. The fourth-order valence-corrected chi connectivity index (χ4v) is 3.19. The predicted octanol–water partition coefficient (Wildman–Crippen LogP) is 7.14. The SMILES string of the molecule is CCC#CCCCCCCCCOC(=O)CCC(=O)OCCCCCCCCC#CCC. The molecule has 182 valence electrons. The molecule has 0 radical (unpaired) electrons. The Bertz CT molecular complexity index is 522. The van der Waals surface area contributed by atoms with Crippen molar-refractivity contribution < 1.29 is 19.1 Å². The van der Waals surface area contributed by atoms with Gasteiger partial charge < -0.3 is 9.47 Å². The van der Waals surface area contributed by atoms with Crippen LogP contribution in [0.5, 0.6) is 0 Å². The molecule has 0 heterocycles. The Morgan fingerprint density at radius 2 is 0.844 bits per heavy atom. The standard InChI is InChI=1S/C28H46O4/c1-3-5-7-9-11-13-15-17-19-21-25-31-27(29)23-24-28(30)32-26-22-20-18-16-14-12-10-8-6-4-2/h3-4,9-26H2,1-2H3. The van der Waals surface area contributed by atoms with Gasteiger partial charge in [0.05, 0.1) is 26.1 Å². The monoisotopic (exact) mass is 446 g/mol. The third-order valence-electron chi connectivity index (χ3n) is 5.06. The second kappa shape index (κ2) is 25.3. The van der Waals surface area contributed by atoms with Crippen LogP contribution in [0.15, 0.2) is 0 Å². The van der Waals surface area contributed by atoms with Crippen LogP contribution in [0.2, 0.25) is 0 Å². The number of rotatable bonds is 19. The number of esters is 2. The Labute approximate surface area is 197 Å². The topological polar surface area (TPSA) is 52.6 Å². The van der Waals surface area contributed by atoms with E-state index in [0.717, 1.165) is 51.4 Å². The van der Waals surface area contributed by atoms with Gasteiger partial charge in [-0.1, -0.05) is 65.2 Å². The predicted molar refractivity (Wildman–Crippen MR) is 132 cm³/mol. The molecule has 4 nitrogen and oxygen atoms in total. The molecule has 0 unspecified atom stereocenters. The molecule has 0 spiro atoms. The summed E-state index contributed by atoms with van der Waals surface area (Å²) < 4.78 is 10.4. The molecule has 0 amide bonds. The highest BCUT2D eigenvalue weighted by molar-refractivity contribution is 5.77. The summed E-state index contributed by atoms with van der Waals surface area (Å²) in [4.78, 5) is 23.4. The molecular formula is C28H46O4. The molecular weight excluding hydrogens is 400 g/mol. The summed E-state index contributed by atoms with van der Waals surface area (Å²) in [6, 6.07) is 0. The first-order valence-corrected chi connectivity index (χ1v) is 12.9. The highest BCUT2D eigenvalue weighted by Crippen LogP contribution is 2.09. The number of unbranched alkanes of at least 4 members (excludes halogenated alkanes) is 12. The fraction of sp³-hybridized carbons (Fsp3) is 0.786. The van der Waals surface area contributed by atoms with Crippen molar-refractivity contribution in [2.45, 2.75) is 129 Å². The van der Waals surface area contributed by atoms with Crippen molar-refractivity contribution in [3.63, 3.8) is 0 Å². The Balaban J connectivity index is 3.36. The van der Waals surface area contributed by atoms with E-state index in [1.54, 1.807) is 0 Å². The van der Waals surface area contributed by atoms with E-state index in [9.17, 15) is 9.59 Å². The maximum Gasteiger partial charge on any atom is 0.306 e. The van der Waals surface area contributed by atoms with Crippen molar-refractivity contribution >= 4 is 11.9 Å². The van der Waals surface area contributed by atoms with Crippen molar-refractivity contribution in [3.05, 3.63) is 0 Å². The molecule has 0 aliphatic carbocycles. The molecule has 0 aromatic carbocycles. The quantitative estimate of drug-likeness (QED) is 0.120. The smallest absolute Gasteiger partial charge is 0.306 e. The Morgan fingerprint density at radius 1 is 0.500 bits per heavy atom. The van der Waals surface area contributed by atoms with E-state index in [0.29, 0.717) is 13.2 Å². The van der Waals surface area contributed by atoms with Crippen LogP contribution in [0.4, 0.5) is 0 Å². The molecule has 0 bridgehead atoms. The van der Waals surface area contributed by atoms with E-state index in [-0.39, 0.29) is 24.8 Å². The second-order valence-corrected chi connectivity index (χ2v) is 8.10. The number of hydrogen-bond acceptors (Lipinski definition) is 4. The van der Waals surface area contributed by atoms with E-state index in [4.69, 9.17) is 9.47 Å². The first-order chi connectivity index (χ1) is 15.7. The maximum absolute atomic E-state index is 11.7. The van der Waals surface area contributed by atoms with Gasteiger partial charge in [0.1, 0.15) is 0 Å². The second-order valence-electron chi connectivity index (χ2n) is 8.10. The highest BCUT2D eigenvalue weighted by Gasteiger charge is 2.09. The summed E-state index contributed by atoms with van der Waals surface area (Å²) >= 11 is 0. The van der Waals surface area contributed by atoms with Gasteiger partial charge >= 0.3 is 11.9 Å². The lowest BCUT2D eigenvalue weighted by molar-refractivity contribution is -0.150. The van der Waals surface area contributed by atoms with Crippen LogP contribution in [0, 0.1) is 23.7 Å². The van der Waals surface area contributed by atoms with E-state index < -0.39 is 0 Å². The van der Waals surface area contributed by atoms with Crippen LogP contribution in [0.3, 0.4) is 0 Å². The minimum atomic E-state index is -0.305. The van der Waals surface area contributed by atoms with Gasteiger partial charge in [0.2, 0.25) is 0 Å². The third-order valence-corrected chi connectivity index (χ3v) is 5.06. The molecule has 0 aromatic rings. The first-order valence-electron chi connectivity index (χ1n) is 12.9. The zero-order valence-electron chi connectivity index (χ0n) is 20.8. The molecule has 0 fully saturated rings. The van der Waals surface area contributed by atoms with Gasteiger partial charge in [0.25, 0.3) is 0 Å². The van der Waals surface area contributed by atoms with Gasteiger partial charge in [-0.2, -0.15) is 0 Å². The highest BCUT2D eigenvalue weighted by atomic mass is 16.5. The molecule has 32 heavy (non-hydrogen) atoms. The minimum Gasteiger partial charge on any atom is -0.466 e. The normalized spacial score (nSPS) is 9.94. The summed E-state index contributed by atoms with van der Waals surface area (Å²) in [5.74, 6) is 11.9. The first kappa shape index (κ1) is 30.1. The molecule has 0 aromatic heterocycles. The van der Waals surface area contributed by atoms with Crippen LogP contribution >= 0.6 is 0 Å². The van der Waals surface area contributed by atoms with E-state index >= 15 is 0 Å². The van der Waals surface area contributed by atoms with Crippen LogP contribution in [-0.4, -0.2) is 25.2 Å². The van der Waals surface area contributed by atoms with Crippen molar-refractivity contribution in [3.8, 4) is 23.7 Å². The van der Waals surface area contributed by atoms with E-state index in [1.807, 2.05) is 0 Å². The molecule has 0 saturated carbocycles. The molecule has 0 aliphatic heterocycles. The van der Waals surface area contributed by atoms with Crippen LogP contribution in [0.25, 0.3) is 0 Å². The summed E-state index contributed by atoms with van der Waals surface area (Å²) in [7, 11) is 0. The number of carbonyl (C=O) groups excluding carboxylic acids is 2. The molecule has 0 N–H and O–H groups in total. The lowest BCUT2D eigenvalue weighted by Crippen LogP contribution is -2.11. The Kier molecular flexibility index (Phi) is 23.8. The summed E-state index contributed by atoms with van der Waals surface area (Å²) in [5, 5.41) is 0. The van der Waals surface area contributed by atoms with Gasteiger partial charge in [-0.25, -0.2) is 0 Å². The molecule has 0 saturated heterocycles. The number of hydrogen-bond donors (Lipinski definition) is 0. The summed E-state index contributed by atoms with van der Waals surface area (Å²) in [6.07, 6.45) is 17.6. The average molecular weight is 447 g/mol. The fourth-order valence-electron chi connectivity index (χ4n) is 3.19. The zero-order valence-corrected chi connectivity index (χ0v) is 20.8. The lowest BCUT2D eigenvalue weighted by Gasteiger charge is -2.06. The summed E-state index contributed by atoms with van der Waals surface area (Å²) in [6.45, 7) is 5.04. The largest absolute Gasteiger partial charge is 0.466 e. The number of ether oxygens (including phenoxy) is 2. The van der Waals surface area contributed by atoms with E-state index in [2.05, 4.69) is 37.5 Å². The molecule has 0 rings (SSSR count). The van der Waals surface area contributed by atoms with Crippen molar-refractivity contribution in [1.82, 2.24) is 0 Å². The third kappa shape index (κ3) is 24.3. The van der Waals surface area contributed by atoms with Gasteiger partial charge in [0.15, 0.2) is 0 Å². The van der Waals surface area contributed by atoms with Crippen LogP contribution in [-0.2, 0) is 19.1 Å². The summed E-state index contributed by atoms with van der Waals surface area (Å²) in [5.41, 5.74) is 0. The minimum absolute atomic E-state index is 0.110. The average Bonchev–Trinajstić information content (AvgIpc) is 2.79. The lowest BCUT2D eigenvalue weighted by atomic mass is 10.1. The Morgan fingerprint density at radius 3 is 1.22 bits per heavy atom. The van der Waals surface area contributed by atoms with E-state index in [1.165, 1.54) is 51.4 Å². The van der Waals surface area contributed by atoms with Crippen LogP contribution < -0.4 is 0 Å². The van der Waals surface area contributed by atoms with Gasteiger partial charge in [-0.15, -0.1) is 23.7 Å². The van der Waals surface area contributed by atoms with Crippen molar-refractivity contribution in [2.75, 3.05) is 13.2 Å². The Hall–Kier alpha value is -1.94. The zero-order chi connectivity index (χ0) is 23.5. The molecule has 4 heteroatoms. The van der Waals surface area contributed by atoms with Gasteiger partial charge in [-0.3, -0.25) is 9.59 Å². The van der Waals surface area contributed by atoms with Gasteiger partial charge in [-0.05, 0) is 25.7 Å². The molecule has 0 atom stereocenters. The van der Waals surface area contributed by atoms with Gasteiger partial charge in [0, 0.05) is 25.7 Å². The maximum atomic E-state index is 11.7.